The zero-order chi connectivity index (χ0) is 17.5. The number of hydrogen-bond donors (Lipinski definition) is 1. The Labute approximate surface area is 153 Å². The minimum Gasteiger partial charge on any atom is -0.291 e. The smallest absolute Gasteiger partial charge is 0.252 e. The quantitative estimate of drug-likeness (QED) is 0.685. The summed E-state index contributed by atoms with van der Waals surface area (Å²) < 4.78 is 1.88. The molecule has 0 saturated carbocycles. The Bertz CT molecular complexity index is 959. The molecule has 1 N–H and O–H groups in total. The van der Waals surface area contributed by atoms with Crippen LogP contribution in [0.3, 0.4) is 0 Å². The van der Waals surface area contributed by atoms with Gasteiger partial charge in [0.15, 0.2) is 5.16 Å². The first-order chi connectivity index (χ1) is 11.3. The minimum absolute atomic E-state index is 0.183. The summed E-state index contributed by atoms with van der Waals surface area (Å²) in [6, 6.07) is 7.02. The number of hydrogen-bond acceptors (Lipinski definition) is 4. The average Bonchev–Trinajstić information content (AvgIpc) is 2.87. The van der Waals surface area contributed by atoms with Gasteiger partial charge in [0.05, 0.1) is 0 Å². The molecule has 8 heteroatoms. The van der Waals surface area contributed by atoms with Crippen LogP contribution in [0.5, 0.6) is 0 Å². The van der Waals surface area contributed by atoms with E-state index in [0.717, 1.165) is 11.3 Å². The van der Waals surface area contributed by atoms with Crippen molar-refractivity contribution in [3.05, 3.63) is 55.9 Å². The third kappa shape index (κ3) is 3.45. The molecular formula is C16H16Cl2N4OS. The Kier molecular flexibility index (Phi) is 4.64. The van der Waals surface area contributed by atoms with Crippen LogP contribution in [0.25, 0.3) is 5.78 Å². The highest BCUT2D eigenvalue weighted by atomic mass is 35.5. The molecule has 0 aliphatic carbocycles. The monoisotopic (exact) mass is 382 g/mol. The van der Waals surface area contributed by atoms with Crippen LogP contribution in [-0.2, 0) is 11.2 Å². The molecule has 126 valence electrons. The summed E-state index contributed by atoms with van der Waals surface area (Å²) in [4.78, 5) is 14.6. The summed E-state index contributed by atoms with van der Waals surface area (Å²) in [5, 5.41) is 10.2. The van der Waals surface area contributed by atoms with Gasteiger partial charge in [0.2, 0.25) is 5.78 Å². The van der Waals surface area contributed by atoms with E-state index < -0.39 is 0 Å². The number of nitrogens with zero attached hydrogens (tertiary/aromatic N) is 3. The van der Waals surface area contributed by atoms with E-state index in [-0.39, 0.29) is 11.0 Å². The van der Waals surface area contributed by atoms with Gasteiger partial charge in [-0.15, -0.1) is 10.2 Å². The van der Waals surface area contributed by atoms with Crippen molar-refractivity contribution in [2.45, 2.75) is 37.1 Å². The lowest BCUT2D eigenvalue weighted by Gasteiger charge is -2.20. The fourth-order valence-corrected chi connectivity index (χ4v) is 3.83. The van der Waals surface area contributed by atoms with Crippen LogP contribution in [0.2, 0.25) is 10.0 Å². The van der Waals surface area contributed by atoms with Gasteiger partial charge in [0.1, 0.15) is 0 Å². The summed E-state index contributed by atoms with van der Waals surface area (Å²) >= 11 is 13.7. The SMILES string of the molecule is CC(C)(C)c1cc(=O)[nH]c2nnc(SCc3ccc(Cl)cc3Cl)n12. The molecule has 1 aromatic carbocycles. The minimum atomic E-state index is -0.220. The molecule has 0 aliphatic heterocycles. The maximum absolute atomic E-state index is 11.8. The molecule has 0 atom stereocenters. The summed E-state index contributed by atoms with van der Waals surface area (Å²) in [5.41, 5.74) is 1.42. The van der Waals surface area contributed by atoms with Crippen molar-refractivity contribution in [3.8, 4) is 0 Å². The summed E-state index contributed by atoms with van der Waals surface area (Å²) in [5.74, 6) is 1.07. The van der Waals surface area contributed by atoms with Gasteiger partial charge in [0, 0.05) is 33.0 Å². The molecule has 0 saturated heterocycles. The van der Waals surface area contributed by atoms with E-state index in [1.807, 2.05) is 37.3 Å². The van der Waals surface area contributed by atoms with Gasteiger partial charge in [-0.05, 0) is 17.7 Å². The zero-order valence-corrected chi connectivity index (χ0v) is 15.8. The topological polar surface area (TPSA) is 63.0 Å². The number of fused-ring (bicyclic) bond motifs is 1. The van der Waals surface area contributed by atoms with Crippen LogP contribution in [0, 0.1) is 0 Å². The lowest BCUT2D eigenvalue weighted by atomic mass is 9.92. The van der Waals surface area contributed by atoms with Gasteiger partial charge < -0.3 is 0 Å². The lowest BCUT2D eigenvalue weighted by Crippen LogP contribution is -2.22. The highest BCUT2D eigenvalue weighted by Crippen LogP contribution is 2.30. The van der Waals surface area contributed by atoms with Gasteiger partial charge >= 0.3 is 0 Å². The second-order valence-corrected chi connectivity index (χ2v) is 8.22. The van der Waals surface area contributed by atoms with E-state index in [9.17, 15) is 4.79 Å². The van der Waals surface area contributed by atoms with E-state index in [2.05, 4.69) is 15.2 Å². The molecule has 2 heterocycles. The standard InChI is InChI=1S/C16H16Cl2N4OS/c1-16(2,3)12-7-13(23)19-14-20-21-15(22(12)14)24-8-9-4-5-10(17)6-11(9)18/h4-7H,8H2,1-3H3,(H,19,20,23). The molecule has 0 unspecified atom stereocenters. The number of benzene rings is 1. The Morgan fingerprint density at radius 2 is 1.96 bits per heavy atom. The van der Waals surface area contributed by atoms with Crippen LogP contribution in [-0.4, -0.2) is 19.6 Å². The second kappa shape index (κ2) is 6.43. The zero-order valence-electron chi connectivity index (χ0n) is 13.4. The molecule has 0 amide bonds. The average molecular weight is 383 g/mol. The van der Waals surface area contributed by atoms with Gasteiger partial charge in [-0.2, -0.15) is 0 Å². The summed E-state index contributed by atoms with van der Waals surface area (Å²) in [6.07, 6.45) is 0. The van der Waals surface area contributed by atoms with Gasteiger partial charge in [-0.1, -0.05) is 61.8 Å². The van der Waals surface area contributed by atoms with Crippen molar-refractivity contribution in [3.63, 3.8) is 0 Å². The normalized spacial score (nSPS) is 12.0. The number of H-pyrrole nitrogens is 1. The molecule has 3 aromatic rings. The highest BCUT2D eigenvalue weighted by molar-refractivity contribution is 7.98. The number of rotatable bonds is 3. The largest absolute Gasteiger partial charge is 0.291 e. The van der Waals surface area contributed by atoms with E-state index in [1.165, 1.54) is 11.8 Å². The third-order valence-electron chi connectivity index (χ3n) is 3.52. The number of aromatic nitrogens is 4. The molecular weight excluding hydrogens is 367 g/mol. The van der Waals surface area contributed by atoms with E-state index in [0.29, 0.717) is 26.7 Å². The highest BCUT2D eigenvalue weighted by Gasteiger charge is 2.22. The van der Waals surface area contributed by atoms with E-state index >= 15 is 0 Å². The first-order valence-electron chi connectivity index (χ1n) is 7.31. The maximum atomic E-state index is 11.8. The van der Waals surface area contributed by atoms with Crippen molar-refractivity contribution in [1.82, 2.24) is 19.6 Å². The molecule has 5 nitrogen and oxygen atoms in total. The Balaban J connectivity index is 2.00. The third-order valence-corrected chi connectivity index (χ3v) is 5.08. The van der Waals surface area contributed by atoms with Crippen LogP contribution >= 0.6 is 35.0 Å². The predicted octanol–water partition coefficient (Wildman–Crippen LogP) is 4.31. The summed E-state index contributed by atoms with van der Waals surface area (Å²) in [7, 11) is 0. The Hall–Kier alpha value is -1.50. The van der Waals surface area contributed by atoms with Crippen molar-refractivity contribution in [2.24, 2.45) is 0 Å². The van der Waals surface area contributed by atoms with Crippen LogP contribution in [0.15, 0.2) is 34.2 Å². The van der Waals surface area contributed by atoms with E-state index in [1.54, 1.807) is 12.1 Å². The molecule has 0 aliphatic rings. The number of halogens is 2. The van der Waals surface area contributed by atoms with Crippen LogP contribution < -0.4 is 5.56 Å². The molecule has 0 bridgehead atoms. The van der Waals surface area contributed by atoms with Crippen molar-refractivity contribution in [1.29, 1.82) is 0 Å². The predicted molar refractivity (Wildman–Crippen MR) is 98.3 cm³/mol. The fourth-order valence-electron chi connectivity index (χ4n) is 2.33. The van der Waals surface area contributed by atoms with Gasteiger partial charge in [-0.25, -0.2) is 0 Å². The second-order valence-electron chi connectivity index (χ2n) is 6.43. The van der Waals surface area contributed by atoms with Crippen LogP contribution in [0.4, 0.5) is 0 Å². The van der Waals surface area contributed by atoms with Gasteiger partial charge in [0.25, 0.3) is 5.56 Å². The molecule has 0 fully saturated rings. The Morgan fingerprint density at radius 1 is 1.21 bits per heavy atom. The van der Waals surface area contributed by atoms with E-state index in [4.69, 9.17) is 23.2 Å². The first-order valence-corrected chi connectivity index (χ1v) is 9.05. The van der Waals surface area contributed by atoms with Crippen molar-refractivity contribution < 1.29 is 0 Å². The molecule has 2 aromatic heterocycles. The number of nitrogens with one attached hydrogen (secondary N) is 1. The van der Waals surface area contributed by atoms with Gasteiger partial charge in [-0.3, -0.25) is 14.2 Å². The molecule has 0 spiro atoms. The fraction of sp³-hybridized carbons (Fsp3) is 0.312. The van der Waals surface area contributed by atoms with Crippen molar-refractivity contribution >= 4 is 40.7 Å². The first kappa shape index (κ1) is 17.3. The maximum Gasteiger partial charge on any atom is 0.252 e. The number of aromatic amines is 1. The molecule has 24 heavy (non-hydrogen) atoms. The molecule has 3 rings (SSSR count). The summed E-state index contributed by atoms with van der Waals surface area (Å²) in [6.45, 7) is 6.14. The Morgan fingerprint density at radius 3 is 2.62 bits per heavy atom. The molecule has 0 radical (unpaired) electrons. The van der Waals surface area contributed by atoms with Crippen LogP contribution in [0.1, 0.15) is 32.0 Å². The van der Waals surface area contributed by atoms with Crippen molar-refractivity contribution in [2.75, 3.05) is 0 Å². The number of thioether (sulfide) groups is 1. The lowest BCUT2D eigenvalue weighted by molar-refractivity contribution is 0.548.